The summed E-state index contributed by atoms with van der Waals surface area (Å²) in [5, 5.41) is 11.6. The number of benzene rings is 1. The van der Waals surface area contributed by atoms with Gasteiger partial charge in [-0.1, -0.05) is 54.0 Å². The minimum absolute atomic E-state index is 0.0506. The normalized spacial score (nSPS) is 17.4. The number of hydrogen-bond donors (Lipinski definition) is 2. The SMILES string of the molecule is CC(C)CC(NC(=O)OCC1C(Br)=Cc2ccccc21)C(=O)O. The fourth-order valence-electron chi connectivity index (χ4n) is 2.56. The van der Waals surface area contributed by atoms with Crippen molar-refractivity contribution >= 4 is 34.1 Å². The number of nitrogens with one attached hydrogen (secondary N) is 1. The van der Waals surface area contributed by atoms with E-state index < -0.39 is 18.1 Å². The van der Waals surface area contributed by atoms with Crippen LogP contribution in [0.5, 0.6) is 0 Å². The molecule has 2 atom stereocenters. The average Bonchev–Trinajstić information content (AvgIpc) is 2.79. The number of rotatable bonds is 6. The smallest absolute Gasteiger partial charge is 0.407 e. The molecule has 2 rings (SSSR count). The van der Waals surface area contributed by atoms with Gasteiger partial charge < -0.3 is 15.2 Å². The van der Waals surface area contributed by atoms with E-state index in [1.807, 2.05) is 44.2 Å². The number of hydrogen-bond acceptors (Lipinski definition) is 3. The molecule has 6 heteroatoms. The molecular formula is C17H20BrNO4. The number of aliphatic carboxylic acids is 1. The molecule has 0 fully saturated rings. The van der Waals surface area contributed by atoms with Crippen molar-refractivity contribution in [2.24, 2.45) is 5.92 Å². The summed E-state index contributed by atoms with van der Waals surface area (Å²) in [6, 6.07) is 6.95. The lowest BCUT2D eigenvalue weighted by atomic mass is 10.0. The van der Waals surface area contributed by atoms with E-state index in [1.165, 1.54) is 0 Å². The molecule has 0 saturated carbocycles. The van der Waals surface area contributed by atoms with Gasteiger partial charge in [0.1, 0.15) is 12.6 Å². The second-order valence-electron chi connectivity index (χ2n) is 5.97. The van der Waals surface area contributed by atoms with Crippen LogP contribution in [-0.2, 0) is 9.53 Å². The molecule has 0 saturated heterocycles. The van der Waals surface area contributed by atoms with Crippen molar-refractivity contribution in [1.29, 1.82) is 0 Å². The van der Waals surface area contributed by atoms with E-state index in [-0.39, 0.29) is 18.4 Å². The highest BCUT2D eigenvalue weighted by molar-refractivity contribution is 9.11. The summed E-state index contributed by atoms with van der Waals surface area (Å²) in [4.78, 5) is 23.0. The Morgan fingerprint density at radius 2 is 2.04 bits per heavy atom. The second kappa shape index (κ2) is 7.64. The van der Waals surface area contributed by atoms with Crippen LogP contribution >= 0.6 is 15.9 Å². The molecule has 0 bridgehead atoms. The minimum atomic E-state index is -1.05. The Balaban J connectivity index is 1.92. The molecule has 23 heavy (non-hydrogen) atoms. The van der Waals surface area contributed by atoms with Gasteiger partial charge in [0, 0.05) is 4.48 Å². The van der Waals surface area contributed by atoms with Crippen LogP contribution in [0.3, 0.4) is 0 Å². The predicted octanol–water partition coefficient (Wildman–Crippen LogP) is 3.75. The molecule has 124 valence electrons. The number of carboxylic acids is 1. The van der Waals surface area contributed by atoms with Crippen LogP contribution in [0.15, 0.2) is 28.7 Å². The van der Waals surface area contributed by atoms with E-state index in [4.69, 9.17) is 9.84 Å². The Hall–Kier alpha value is -1.82. The Kier molecular flexibility index (Phi) is 5.82. The summed E-state index contributed by atoms with van der Waals surface area (Å²) in [6.07, 6.45) is 1.66. The van der Waals surface area contributed by atoms with Gasteiger partial charge in [0.15, 0.2) is 0 Å². The van der Waals surface area contributed by atoms with Crippen LogP contribution in [0.25, 0.3) is 6.08 Å². The monoisotopic (exact) mass is 381 g/mol. The van der Waals surface area contributed by atoms with E-state index in [0.717, 1.165) is 15.6 Å². The molecule has 1 aliphatic rings. The Morgan fingerprint density at radius 1 is 1.35 bits per heavy atom. The summed E-state index contributed by atoms with van der Waals surface area (Å²) in [7, 11) is 0. The first-order chi connectivity index (χ1) is 10.9. The van der Waals surface area contributed by atoms with Crippen LogP contribution in [0, 0.1) is 5.92 Å². The average molecular weight is 382 g/mol. The van der Waals surface area contributed by atoms with Gasteiger partial charge in [0.05, 0.1) is 5.92 Å². The van der Waals surface area contributed by atoms with Gasteiger partial charge in [-0.25, -0.2) is 9.59 Å². The number of carbonyl (C=O) groups excluding carboxylic acids is 1. The first-order valence-corrected chi connectivity index (χ1v) is 8.30. The molecule has 0 heterocycles. The van der Waals surface area contributed by atoms with Gasteiger partial charge in [0.2, 0.25) is 0 Å². The van der Waals surface area contributed by atoms with Crippen LogP contribution in [0.1, 0.15) is 37.3 Å². The molecule has 2 unspecified atom stereocenters. The summed E-state index contributed by atoms with van der Waals surface area (Å²) in [5.74, 6) is -0.941. The summed E-state index contributed by atoms with van der Waals surface area (Å²) >= 11 is 3.50. The first-order valence-electron chi connectivity index (χ1n) is 7.50. The van der Waals surface area contributed by atoms with Gasteiger partial charge >= 0.3 is 12.1 Å². The molecule has 5 nitrogen and oxygen atoms in total. The number of carboxylic acid groups (broad SMARTS) is 1. The highest BCUT2D eigenvalue weighted by Crippen LogP contribution is 2.39. The maximum atomic E-state index is 11.9. The quantitative estimate of drug-likeness (QED) is 0.786. The summed E-state index contributed by atoms with van der Waals surface area (Å²) in [5.41, 5.74) is 2.18. The lowest BCUT2D eigenvalue weighted by Gasteiger charge is -2.18. The van der Waals surface area contributed by atoms with Crippen molar-refractivity contribution in [2.75, 3.05) is 6.61 Å². The number of halogens is 1. The minimum Gasteiger partial charge on any atom is -0.480 e. The molecule has 0 aromatic heterocycles. The van der Waals surface area contributed by atoms with E-state index in [1.54, 1.807) is 0 Å². The second-order valence-corrected chi connectivity index (χ2v) is 6.89. The lowest BCUT2D eigenvalue weighted by molar-refractivity contribution is -0.139. The third-order valence-corrected chi connectivity index (χ3v) is 4.46. The largest absolute Gasteiger partial charge is 0.480 e. The third-order valence-electron chi connectivity index (χ3n) is 3.68. The van der Waals surface area contributed by atoms with Gasteiger partial charge in [-0.3, -0.25) is 0 Å². The van der Waals surface area contributed by atoms with Crippen molar-refractivity contribution in [3.8, 4) is 0 Å². The molecular weight excluding hydrogens is 362 g/mol. The van der Waals surface area contributed by atoms with Gasteiger partial charge in [-0.2, -0.15) is 0 Å². The number of ether oxygens (including phenoxy) is 1. The summed E-state index contributed by atoms with van der Waals surface area (Å²) < 4.78 is 6.18. The van der Waals surface area contributed by atoms with Crippen molar-refractivity contribution < 1.29 is 19.4 Å². The predicted molar refractivity (Wildman–Crippen MR) is 91.4 cm³/mol. The fraction of sp³-hybridized carbons (Fsp3) is 0.412. The van der Waals surface area contributed by atoms with E-state index in [9.17, 15) is 9.59 Å². The standard InChI is InChI=1S/C17H20BrNO4/c1-10(2)7-15(16(20)21)19-17(22)23-9-13-12-6-4-3-5-11(12)8-14(13)18/h3-6,8,10,13,15H,7,9H2,1-2H3,(H,19,22)(H,20,21). The molecule has 1 aliphatic carbocycles. The number of alkyl carbamates (subject to hydrolysis) is 1. The zero-order chi connectivity index (χ0) is 17.0. The number of fused-ring (bicyclic) bond motifs is 1. The first kappa shape index (κ1) is 17.5. The van der Waals surface area contributed by atoms with Gasteiger partial charge in [-0.05, 0) is 29.5 Å². The van der Waals surface area contributed by atoms with Crippen LogP contribution in [0.4, 0.5) is 4.79 Å². The molecule has 1 aromatic carbocycles. The molecule has 1 aromatic rings. The lowest BCUT2D eigenvalue weighted by Crippen LogP contribution is -2.42. The fourth-order valence-corrected chi connectivity index (χ4v) is 3.19. The zero-order valence-electron chi connectivity index (χ0n) is 13.1. The molecule has 2 N–H and O–H groups in total. The Labute approximate surface area is 143 Å². The van der Waals surface area contributed by atoms with Crippen LogP contribution in [-0.4, -0.2) is 29.8 Å². The number of amides is 1. The molecule has 1 amide bonds. The van der Waals surface area contributed by atoms with Crippen molar-refractivity contribution in [1.82, 2.24) is 5.32 Å². The molecule has 0 aliphatic heterocycles. The summed E-state index contributed by atoms with van der Waals surface area (Å²) in [6.45, 7) is 3.97. The maximum Gasteiger partial charge on any atom is 0.407 e. The zero-order valence-corrected chi connectivity index (χ0v) is 14.7. The van der Waals surface area contributed by atoms with E-state index in [0.29, 0.717) is 6.42 Å². The van der Waals surface area contributed by atoms with Gasteiger partial charge in [-0.15, -0.1) is 0 Å². The molecule has 0 radical (unpaired) electrons. The van der Waals surface area contributed by atoms with Crippen molar-refractivity contribution in [3.05, 3.63) is 39.9 Å². The topological polar surface area (TPSA) is 75.6 Å². The molecule has 0 spiro atoms. The van der Waals surface area contributed by atoms with E-state index in [2.05, 4.69) is 21.2 Å². The number of carbonyl (C=O) groups is 2. The van der Waals surface area contributed by atoms with Gasteiger partial charge in [0.25, 0.3) is 0 Å². The van der Waals surface area contributed by atoms with Crippen LogP contribution < -0.4 is 5.32 Å². The van der Waals surface area contributed by atoms with E-state index >= 15 is 0 Å². The highest BCUT2D eigenvalue weighted by atomic mass is 79.9. The maximum absolute atomic E-state index is 11.9. The van der Waals surface area contributed by atoms with Crippen molar-refractivity contribution in [2.45, 2.75) is 32.2 Å². The Bertz CT molecular complexity index is 627. The van der Waals surface area contributed by atoms with Crippen molar-refractivity contribution in [3.63, 3.8) is 0 Å². The highest BCUT2D eigenvalue weighted by Gasteiger charge is 2.26. The van der Waals surface area contributed by atoms with Crippen LogP contribution in [0.2, 0.25) is 0 Å². The Morgan fingerprint density at radius 3 is 2.70 bits per heavy atom. The third kappa shape index (κ3) is 4.58.